The van der Waals surface area contributed by atoms with Crippen molar-refractivity contribution in [3.8, 4) is 5.75 Å². The maximum atomic E-state index is 13.5. The molecule has 1 aliphatic heterocycles. The number of carbonyl (C=O) groups is 2. The number of anilines is 1. The van der Waals surface area contributed by atoms with Crippen LogP contribution in [-0.2, 0) is 21.9 Å². The summed E-state index contributed by atoms with van der Waals surface area (Å²) in [5.74, 6) is -1.06. The summed E-state index contributed by atoms with van der Waals surface area (Å²) in [5.41, 5.74) is 3.90. The lowest BCUT2D eigenvalue weighted by molar-refractivity contribution is -0.132. The lowest BCUT2D eigenvalue weighted by Gasteiger charge is -2.22. The van der Waals surface area contributed by atoms with Crippen molar-refractivity contribution in [3.63, 3.8) is 0 Å². The number of thioether (sulfide) groups is 1. The van der Waals surface area contributed by atoms with Gasteiger partial charge in [-0.15, -0.1) is 10.2 Å². The first kappa shape index (κ1) is 29.3. The van der Waals surface area contributed by atoms with Crippen LogP contribution in [0.5, 0.6) is 5.75 Å². The minimum Gasteiger partial charge on any atom is -0.507 e. The Morgan fingerprint density at radius 1 is 0.909 bits per heavy atom. The molecule has 2 heterocycles. The van der Waals surface area contributed by atoms with E-state index in [9.17, 15) is 19.1 Å². The van der Waals surface area contributed by atoms with Gasteiger partial charge in [0.2, 0.25) is 5.13 Å². The number of aliphatic hydroxyl groups excluding tert-OH is 1. The molecule has 1 atom stereocenters. The second-order valence-electron chi connectivity index (χ2n) is 10.1. The van der Waals surface area contributed by atoms with Crippen molar-refractivity contribution >= 4 is 45.7 Å². The van der Waals surface area contributed by atoms with E-state index in [2.05, 4.69) is 10.2 Å². The molecule has 220 valence electrons. The van der Waals surface area contributed by atoms with Crippen LogP contribution in [0.1, 0.15) is 33.9 Å². The van der Waals surface area contributed by atoms with Crippen LogP contribution >= 0.6 is 23.1 Å². The Kier molecular flexibility index (Phi) is 8.53. The van der Waals surface area contributed by atoms with Crippen LogP contribution in [0.25, 0.3) is 5.76 Å². The minimum absolute atomic E-state index is 0.0347. The highest BCUT2D eigenvalue weighted by Gasteiger charge is 2.48. The lowest BCUT2D eigenvalue weighted by Crippen LogP contribution is -2.29. The van der Waals surface area contributed by atoms with Crippen LogP contribution in [0.15, 0.2) is 113 Å². The molecule has 1 aromatic heterocycles. The van der Waals surface area contributed by atoms with E-state index in [0.29, 0.717) is 33.6 Å². The highest BCUT2D eigenvalue weighted by atomic mass is 32.2. The molecule has 0 spiro atoms. The van der Waals surface area contributed by atoms with Gasteiger partial charge in [-0.2, -0.15) is 0 Å². The first-order valence-corrected chi connectivity index (χ1v) is 15.5. The Morgan fingerprint density at radius 2 is 1.61 bits per heavy atom. The number of halogens is 1. The van der Waals surface area contributed by atoms with Gasteiger partial charge in [0, 0.05) is 11.3 Å². The van der Waals surface area contributed by atoms with E-state index < -0.39 is 17.7 Å². The summed E-state index contributed by atoms with van der Waals surface area (Å²) >= 11 is 2.56. The maximum Gasteiger partial charge on any atom is 0.301 e. The largest absolute Gasteiger partial charge is 0.507 e. The van der Waals surface area contributed by atoms with Gasteiger partial charge in [-0.3, -0.25) is 14.5 Å². The molecule has 4 aromatic carbocycles. The van der Waals surface area contributed by atoms with Crippen LogP contribution in [0, 0.1) is 12.7 Å². The van der Waals surface area contributed by atoms with E-state index in [0.717, 1.165) is 16.7 Å². The third kappa shape index (κ3) is 6.27. The number of ketones is 1. The lowest BCUT2D eigenvalue weighted by atomic mass is 9.95. The van der Waals surface area contributed by atoms with E-state index >= 15 is 0 Å². The molecule has 5 aromatic rings. The van der Waals surface area contributed by atoms with Crippen LogP contribution in [0.2, 0.25) is 0 Å². The molecule has 1 amide bonds. The summed E-state index contributed by atoms with van der Waals surface area (Å²) in [4.78, 5) is 28.3. The van der Waals surface area contributed by atoms with E-state index in [1.807, 2.05) is 49.4 Å². The summed E-state index contributed by atoms with van der Waals surface area (Å²) in [7, 11) is 0. The number of carbonyl (C=O) groups excluding carboxylic acids is 2. The standard InChI is InChI=1S/C34H26FN3O4S2/c1-21-7-11-25(12-8-21)30(39)28-29(24-13-17-27(18-14-24)42-19-22-5-3-2-4-6-22)38(32(41)31(28)40)33-36-37-34(44-33)43-20-23-9-15-26(35)16-10-23/h2-18,29,39H,19-20H2,1H3/b30-28-. The van der Waals surface area contributed by atoms with Gasteiger partial charge in [0.05, 0.1) is 11.6 Å². The smallest absolute Gasteiger partial charge is 0.301 e. The maximum absolute atomic E-state index is 13.5. The predicted molar refractivity (Wildman–Crippen MR) is 169 cm³/mol. The molecule has 44 heavy (non-hydrogen) atoms. The average Bonchev–Trinajstić information content (AvgIpc) is 3.62. The number of Topliss-reactive ketones (excluding diaryl/α,β-unsaturated/α-hetero) is 1. The molecular weight excluding hydrogens is 598 g/mol. The van der Waals surface area contributed by atoms with Crippen molar-refractivity contribution in [1.29, 1.82) is 0 Å². The molecular formula is C34H26FN3O4S2. The first-order valence-electron chi connectivity index (χ1n) is 13.7. The Morgan fingerprint density at radius 3 is 2.32 bits per heavy atom. The molecule has 0 bridgehead atoms. The number of hydrogen-bond acceptors (Lipinski definition) is 8. The zero-order chi connectivity index (χ0) is 30.6. The quantitative estimate of drug-likeness (QED) is 0.0598. The number of aliphatic hydroxyl groups is 1. The van der Waals surface area contributed by atoms with Crippen LogP contribution in [-0.4, -0.2) is 27.0 Å². The molecule has 7 nitrogen and oxygen atoms in total. The van der Waals surface area contributed by atoms with Crippen molar-refractivity contribution in [2.24, 2.45) is 0 Å². The zero-order valence-electron chi connectivity index (χ0n) is 23.5. The minimum atomic E-state index is -0.942. The highest BCUT2D eigenvalue weighted by molar-refractivity contribution is 8.00. The monoisotopic (exact) mass is 623 g/mol. The van der Waals surface area contributed by atoms with Gasteiger partial charge in [-0.1, -0.05) is 108 Å². The number of hydrogen-bond donors (Lipinski definition) is 1. The summed E-state index contributed by atoms with van der Waals surface area (Å²) in [6, 6.07) is 29.2. The van der Waals surface area contributed by atoms with Crippen LogP contribution in [0.3, 0.4) is 0 Å². The molecule has 0 aliphatic carbocycles. The van der Waals surface area contributed by atoms with Gasteiger partial charge < -0.3 is 9.84 Å². The predicted octanol–water partition coefficient (Wildman–Crippen LogP) is 7.48. The fourth-order valence-electron chi connectivity index (χ4n) is 4.78. The fraction of sp³-hybridized carbons (Fsp3) is 0.118. The molecule has 6 rings (SSSR count). The summed E-state index contributed by atoms with van der Waals surface area (Å²) in [5, 5.41) is 20.1. The number of amides is 1. The summed E-state index contributed by atoms with van der Waals surface area (Å²) in [6.45, 7) is 2.31. The Balaban J connectivity index is 1.33. The normalized spacial score (nSPS) is 16.0. The third-order valence-corrected chi connectivity index (χ3v) is 9.22. The summed E-state index contributed by atoms with van der Waals surface area (Å²) < 4.78 is 19.8. The van der Waals surface area contributed by atoms with Crippen molar-refractivity contribution in [3.05, 3.63) is 142 Å². The van der Waals surface area contributed by atoms with Gasteiger partial charge in [0.1, 0.15) is 23.9 Å². The Hall–Kier alpha value is -4.80. The number of ether oxygens (including phenoxy) is 1. The molecule has 1 saturated heterocycles. The Bertz CT molecular complexity index is 1820. The fourth-order valence-corrected chi connectivity index (χ4v) is 6.61. The van der Waals surface area contributed by atoms with Gasteiger partial charge in [-0.05, 0) is 47.9 Å². The molecule has 0 radical (unpaired) electrons. The highest BCUT2D eigenvalue weighted by Crippen LogP contribution is 2.44. The first-order chi connectivity index (χ1) is 21.4. The third-order valence-electron chi connectivity index (χ3n) is 7.09. The van der Waals surface area contributed by atoms with E-state index in [-0.39, 0.29) is 22.3 Å². The molecule has 1 aliphatic rings. The number of aryl methyl sites for hydroxylation is 1. The Labute approximate surface area is 261 Å². The topological polar surface area (TPSA) is 92.6 Å². The van der Waals surface area contributed by atoms with E-state index in [4.69, 9.17) is 4.74 Å². The summed E-state index contributed by atoms with van der Waals surface area (Å²) in [6.07, 6.45) is 0. The molecule has 1 fully saturated rings. The van der Waals surface area contributed by atoms with Crippen molar-refractivity contribution in [1.82, 2.24) is 10.2 Å². The van der Waals surface area contributed by atoms with E-state index in [1.54, 1.807) is 48.5 Å². The van der Waals surface area contributed by atoms with Gasteiger partial charge >= 0.3 is 5.91 Å². The molecule has 1 unspecified atom stereocenters. The van der Waals surface area contributed by atoms with Gasteiger partial charge in [0.15, 0.2) is 4.34 Å². The number of aromatic nitrogens is 2. The van der Waals surface area contributed by atoms with E-state index in [1.165, 1.54) is 40.1 Å². The van der Waals surface area contributed by atoms with Crippen molar-refractivity contribution in [2.45, 2.75) is 29.7 Å². The van der Waals surface area contributed by atoms with Crippen LogP contribution < -0.4 is 9.64 Å². The van der Waals surface area contributed by atoms with Gasteiger partial charge in [0.25, 0.3) is 5.78 Å². The molecule has 0 saturated carbocycles. The number of rotatable bonds is 9. The second-order valence-corrected chi connectivity index (χ2v) is 12.3. The SMILES string of the molecule is Cc1ccc(/C(O)=C2/C(=O)C(=O)N(c3nnc(SCc4ccc(F)cc4)s3)C2c2ccc(OCc3ccccc3)cc2)cc1. The zero-order valence-corrected chi connectivity index (χ0v) is 25.1. The van der Waals surface area contributed by atoms with Crippen molar-refractivity contribution < 1.29 is 23.8 Å². The number of benzene rings is 4. The molecule has 1 N–H and O–H groups in total. The average molecular weight is 624 g/mol. The van der Waals surface area contributed by atoms with Gasteiger partial charge in [-0.25, -0.2) is 4.39 Å². The molecule has 10 heteroatoms. The number of nitrogens with zero attached hydrogens (tertiary/aromatic N) is 3. The van der Waals surface area contributed by atoms with Crippen molar-refractivity contribution in [2.75, 3.05) is 4.90 Å². The second kappa shape index (κ2) is 12.8. The van der Waals surface area contributed by atoms with Crippen LogP contribution in [0.4, 0.5) is 9.52 Å².